The summed E-state index contributed by atoms with van der Waals surface area (Å²) < 4.78 is 5.67. The first-order valence-electron chi connectivity index (χ1n) is 9.41. The van der Waals surface area contributed by atoms with Crippen molar-refractivity contribution >= 4 is 52.2 Å². The van der Waals surface area contributed by atoms with Gasteiger partial charge in [-0.05, 0) is 42.8 Å². The topological polar surface area (TPSA) is 114 Å². The fraction of sp³-hybridized carbons (Fsp3) is 0.250. The van der Waals surface area contributed by atoms with Gasteiger partial charge in [-0.1, -0.05) is 11.6 Å². The van der Waals surface area contributed by atoms with Crippen LogP contribution in [-0.2, 0) is 9.59 Å². The van der Waals surface area contributed by atoms with Gasteiger partial charge in [0.1, 0.15) is 18.1 Å². The SMILES string of the molecule is O=C(CN1C(=O)S/C(=C\c2ccc(-c3cc([N+](=O)[O-])ccc3Cl)o2)C1=O)N1CCCC1. The molecule has 1 aromatic carbocycles. The van der Waals surface area contributed by atoms with E-state index in [2.05, 4.69) is 0 Å². The molecule has 0 aliphatic carbocycles. The van der Waals surface area contributed by atoms with Crippen molar-refractivity contribution in [2.45, 2.75) is 12.8 Å². The lowest BCUT2D eigenvalue weighted by Gasteiger charge is -2.18. The summed E-state index contributed by atoms with van der Waals surface area (Å²) in [5, 5.41) is 10.8. The zero-order valence-electron chi connectivity index (χ0n) is 16.1. The molecule has 0 atom stereocenters. The van der Waals surface area contributed by atoms with Crippen molar-refractivity contribution < 1.29 is 23.7 Å². The summed E-state index contributed by atoms with van der Waals surface area (Å²) >= 11 is 6.86. The van der Waals surface area contributed by atoms with Gasteiger partial charge in [-0.15, -0.1) is 0 Å². The number of carbonyl (C=O) groups excluding carboxylic acids is 3. The second-order valence-corrected chi connectivity index (χ2v) is 8.38. The van der Waals surface area contributed by atoms with Crippen LogP contribution in [0.15, 0.2) is 39.7 Å². The van der Waals surface area contributed by atoms with Gasteiger partial charge >= 0.3 is 0 Å². The fourth-order valence-electron chi connectivity index (χ4n) is 3.36. The van der Waals surface area contributed by atoms with E-state index in [1.165, 1.54) is 24.3 Å². The van der Waals surface area contributed by atoms with Crippen LogP contribution >= 0.6 is 23.4 Å². The number of nitrogens with zero attached hydrogens (tertiary/aromatic N) is 3. The Morgan fingerprint density at radius 3 is 2.68 bits per heavy atom. The van der Waals surface area contributed by atoms with Crippen molar-refractivity contribution in [1.29, 1.82) is 0 Å². The predicted molar refractivity (Wildman–Crippen MR) is 114 cm³/mol. The van der Waals surface area contributed by atoms with E-state index < -0.39 is 16.1 Å². The minimum atomic E-state index is -0.561. The molecule has 9 nitrogen and oxygen atoms in total. The molecule has 11 heteroatoms. The largest absolute Gasteiger partial charge is 0.457 e. The zero-order valence-corrected chi connectivity index (χ0v) is 17.6. The Hall–Kier alpha value is -3.11. The normalized spacial score (nSPS) is 17.8. The molecule has 2 saturated heterocycles. The summed E-state index contributed by atoms with van der Waals surface area (Å²) in [4.78, 5) is 50.4. The number of furan rings is 1. The standard InChI is InChI=1S/C20H16ClN3O6S/c21-15-5-3-12(24(28)29)9-14(15)16-6-4-13(30-16)10-17-19(26)23(20(27)31-17)11-18(25)22-7-1-2-8-22/h3-6,9-10H,1-2,7-8,11H2/b17-10-. The number of nitro groups is 1. The van der Waals surface area contributed by atoms with E-state index in [-0.39, 0.29) is 39.6 Å². The molecule has 0 bridgehead atoms. The number of halogens is 1. The van der Waals surface area contributed by atoms with Gasteiger partial charge in [0.2, 0.25) is 5.91 Å². The highest BCUT2D eigenvalue weighted by molar-refractivity contribution is 8.18. The number of imide groups is 1. The third kappa shape index (κ3) is 4.35. The Bertz CT molecular complexity index is 1120. The Labute approximate surface area is 185 Å². The van der Waals surface area contributed by atoms with Gasteiger partial charge < -0.3 is 9.32 Å². The molecule has 0 N–H and O–H groups in total. The van der Waals surface area contributed by atoms with Crippen LogP contribution < -0.4 is 0 Å². The minimum Gasteiger partial charge on any atom is -0.457 e. The summed E-state index contributed by atoms with van der Waals surface area (Å²) in [6, 6.07) is 7.11. The van der Waals surface area contributed by atoms with Gasteiger partial charge in [0.15, 0.2) is 0 Å². The Kier molecular flexibility index (Phi) is 5.84. The Morgan fingerprint density at radius 1 is 1.23 bits per heavy atom. The van der Waals surface area contributed by atoms with Crippen molar-refractivity contribution in [3.8, 4) is 11.3 Å². The van der Waals surface area contributed by atoms with E-state index in [0.29, 0.717) is 18.7 Å². The third-order valence-corrected chi connectivity index (χ3v) is 6.19. The molecule has 1 aromatic heterocycles. The highest BCUT2D eigenvalue weighted by Gasteiger charge is 2.37. The number of hydrogen-bond donors (Lipinski definition) is 0. The molecule has 0 radical (unpaired) electrons. The van der Waals surface area contributed by atoms with Gasteiger partial charge in [0, 0.05) is 36.9 Å². The van der Waals surface area contributed by atoms with Gasteiger partial charge in [-0.25, -0.2) is 0 Å². The molecule has 4 rings (SSSR count). The first-order chi connectivity index (χ1) is 14.8. The van der Waals surface area contributed by atoms with Gasteiger partial charge in [-0.3, -0.25) is 29.4 Å². The number of hydrogen-bond acceptors (Lipinski definition) is 7. The molecule has 31 heavy (non-hydrogen) atoms. The zero-order chi connectivity index (χ0) is 22.1. The van der Waals surface area contributed by atoms with Crippen LogP contribution in [0.5, 0.6) is 0 Å². The van der Waals surface area contributed by atoms with Crippen LogP contribution in [0.1, 0.15) is 18.6 Å². The lowest BCUT2D eigenvalue weighted by molar-refractivity contribution is -0.384. The van der Waals surface area contributed by atoms with Gasteiger partial charge in [0.05, 0.1) is 14.9 Å². The van der Waals surface area contributed by atoms with Crippen molar-refractivity contribution in [2.75, 3.05) is 19.6 Å². The summed E-state index contributed by atoms with van der Waals surface area (Å²) in [6.07, 6.45) is 3.24. The number of likely N-dealkylation sites (tertiary alicyclic amines) is 1. The van der Waals surface area contributed by atoms with E-state index in [9.17, 15) is 24.5 Å². The molecule has 2 aliphatic rings. The van der Waals surface area contributed by atoms with Gasteiger partial charge in [-0.2, -0.15) is 0 Å². The van der Waals surface area contributed by atoms with E-state index in [0.717, 1.165) is 29.5 Å². The maximum atomic E-state index is 12.6. The smallest absolute Gasteiger partial charge is 0.294 e. The molecular weight excluding hydrogens is 446 g/mol. The van der Waals surface area contributed by atoms with Crippen LogP contribution in [0.2, 0.25) is 5.02 Å². The average Bonchev–Trinajstić information content (AvgIpc) is 3.47. The monoisotopic (exact) mass is 461 g/mol. The molecule has 2 fully saturated rings. The number of nitro benzene ring substituents is 1. The van der Waals surface area contributed by atoms with E-state index in [1.54, 1.807) is 17.0 Å². The summed E-state index contributed by atoms with van der Waals surface area (Å²) in [5.74, 6) is -0.257. The molecular formula is C20H16ClN3O6S. The lowest BCUT2D eigenvalue weighted by Crippen LogP contribution is -2.40. The van der Waals surface area contributed by atoms with Crippen molar-refractivity contribution in [3.63, 3.8) is 0 Å². The number of benzene rings is 1. The molecule has 160 valence electrons. The van der Waals surface area contributed by atoms with Gasteiger partial charge in [0.25, 0.3) is 16.8 Å². The van der Waals surface area contributed by atoms with E-state index in [1.807, 2.05) is 0 Å². The van der Waals surface area contributed by atoms with E-state index in [4.69, 9.17) is 16.0 Å². The Morgan fingerprint density at radius 2 is 1.97 bits per heavy atom. The first-order valence-corrected chi connectivity index (χ1v) is 10.6. The summed E-state index contributed by atoms with van der Waals surface area (Å²) in [5.41, 5.74) is 0.195. The fourth-order valence-corrected chi connectivity index (χ4v) is 4.39. The summed E-state index contributed by atoms with van der Waals surface area (Å²) in [7, 11) is 0. The molecule has 2 aromatic rings. The van der Waals surface area contributed by atoms with Crippen LogP contribution in [0.25, 0.3) is 17.4 Å². The molecule has 0 unspecified atom stereocenters. The number of thioether (sulfide) groups is 1. The molecule has 0 spiro atoms. The quantitative estimate of drug-likeness (QED) is 0.373. The van der Waals surface area contributed by atoms with Crippen molar-refractivity contribution in [3.05, 3.63) is 56.1 Å². The number of amides is 3. The minimum absolute atomic E-state index is 0.130. The maximum absolute atomic E-state index is 12.6. The van der Waals surface area contributed by atoms with Crippen LogP contribution in [0, 0.1) is 10.1 Å². The predicted octanol–water partition coefficient (Wildman–Crippen LogP) is 4.17. The number of rotatable bonds is 5. The van der Waals surface area contributed by atoms with Crippen LogP contribution in [0.3, 0.4) is 0 Å². The molecule has 0 saturated carbocycles. The maximum Gasteiger partial charge on any atom is 0.294 e. The third-order valence-electron chi connectivity index (χ3n) is 4.95. The molecule has 3 heterocycles. The first kappa shape index (κ1) is 21.1. The molecule has 3 amide bonds. The number of carbonyl (C=O) groups is 3. The second-order valence-electron chi connectivity index (χ2n) is 6.98. The second kappa shape index (κ2) is 8.56. The Balaban J connectivity index is 1.52. The van der Waals surface area contributed by atoms with Crippen LogP contribution in [0.4, 0.5) is 10.5 Å². The lowest BCUT2D eigenvalue weighted by atomic mass is 10.1. The van der Waals surface area contributed by atoms with Crippen molar-refractivity contribution in [1.82, 2.24) is 9.80 Å². The van der Waals surface area contributed by atoms with E-state index >= 15 is 0 Å². The van der Waals surface area contributed by atoms with Crippen LogP contribution in [-0.4, -0.2) is 51.4 Å². The highest BCUT2D eigenvalue weighted by Crippen LogP contribution is 2.35. The highest BCUT2D eigenvalue weighted by atomic mass is 35.5. The number of non-ortho nitro benzene ring substituents is 1. The van der Waals surface area contributed by atoms with Crippen molar-refractivity contribution in [2.24, 2.45) is 0 Å². The summed E-state index contributed by atoms with van der Waals surface area (Å²) in [6.45, 7) is 0.995. The average molecular weight is 462 g/mol. The molecule has 2 aliphatic heterocycles.